The molecule has 2 rings (SSSR count). The molecule has 0 heterocycles. The summed E-state index contributed by atoms with van der Waals surface area (Å²) in [7, 11) is 0. The second-order valence-corrected chi connectivity index (χ2v) is 3.67. The molecule has 2 fully saturated rings. The molecule has 0 nitrogen and oxygen atoms in total. The number of hydrogen-bond donors (Lipinski definition) is 0. The van der Waals surface area contributed by atoms with Crippen molar-refractivity contribution in [1.82, 2.24) is 0 Å². The minimum absolute atomic E-state index is 1.05. The summed E-state index contributed by atoms with van der Waals surface area (Å²) in [5.74, 6) is 3.42. The summed E-state index contributed by atoms with van der Waals surface area (Å²) in [5.41, 5.74) is 0. The van der Waals surface area contributed by atoms with E-state index in [9.17, 15) is 0 Å². The summed E-state index contributed by atoms with van der Waals surface area (Å²) in [5, 5.41) is 0. The van der Waals surface area contributed by atoms with Crippen LogP contribution in [-0.2, 0) is 0 Å². The number of rotatable bonds is 0. The molecule has 0 aromatic heterocycles. The van der Waals surface area contributed by atoms with Gasteiger partial charge in [0, 0.05) is 0 Å². The highest BCUT2D eigenvalue weighted by Crippen LogP contribution is 2.51. The van der Waals surface area contributed by atoms with Gasteiger partial charge in [-0.05, 0) is 37.0 Å². The van der Waals surface area contributed by atoms with Gasteiger partial charge in [-0.2, -0.15) is 0 Å². The van der Waals surface area contributed by atoms with Crippen molar-refractivity contribution >= 4 is 0 Å². The minimum atomic E-state index is 1.05. The first-order valence-electron chi connectivity index (χ1n) is 3.86. The summed E-state index contributed by atoms with van der Waals surface area (Å²) < 4.78 is 0. The van der Waals surface area contributed by atoms with Crippen LogP contribution in [0.3, 0.4) is 0 Å². The van der Waals surface area contributed by atoms with Gasteiger partial charge in [0.1, 0.15) is 0 Å². The van der Waals surface area contributed by atoms with Crippen LogP contribution in [0.15, 0.2) is 0 Å². The zero-order chi connectivity index (χ0) is 5.56. The van der Waals surface area contributed by atoms with E-state index in [4.69, 9.17) is 0 Å². The average molecular weight is 110 g/mol. The lowest BCUT2D eigenvalue weighted by molar-refractivity contribution is 0.368. The Balaban J connectivity index is 1.93. The van der Waals surface area contributed by atoms with Crippen molar-refractivity contribution in [3.63, 3.8) is 0 Å². The van der Waals surface area contributed by atoms with Crippen LogP contribution in [0.2, 0.25) is 0 Å². The molecule has 0 aliphatic heterocycles. The standard InChI is InChI=1S/C8H14/c1-6-2-3-7-5-8(7)4-6/h6-8H,2-5H2,1H3/t6-,7+,8?/m1/s1. The fourth-order valence-corrected chi connectivity index (χ4v) is 2.09. The summed E-state index contributed by atoms with van der Waals surface area (Å²) in [6, 6.07) is 0. The van der Waals surface area contributed by atoms with Crippen LogP contribution in [-0.4, -0.2) is 0 Å². The predicted octanol–water partition coefficient (Wildman–Crippen LogP) is 2.44. The average Bonchev–Trinajstić information content (AvgIpc) is 2.43. The van der Waals surface area contributed by atoms with Gasteiger partial charge in [-0.25, -0.2) is 0 Å². The molecular weight excluding hydrogens is 96.1 g/mol. The molecule has 8 heavy (non-hydrogen) atoms. The van der Waals surface area contributed by atoms with E-state index in [0.29, 0.717) is 0 Å². The maximum Gasteiger partial charge on any atom is -0.0380 e. The van der Waals surface area contributed by atoms with E-state index in [1.54, 1.807) is 19.3 Å². The van der Waals surface area contributed by atoms with Gasteiger partial charge in [-0.1, -0.05) is 13.3 Å². The third-order valence-corrected chi connectivity index (χ3v) is 2.80. The van der Waals surface area contributed by atoms with Gasteiger partial charge >= 0.3 is 0 Å². The summed E-state index contributed by atoms with van der Waals surface area (Å²) in [6.45, 7) is 2.40. The smallest absolute Gasteiger partial charge is 0.0380 e. The molecule has 0 bridgehead atoms. The SMILES string of the molecule is C[C@@H]1CC[C@H]2CC2C1. The molecule has 0 amide bonds. The van der Waals surface area contributed by atoms with E-state index in [2.05, 4.69) is 6.92 Å². The molecule has 2 aliphatic carbocycles. The number of fused-ring (bicyclic) bond motifs is 1. The highest BCUT2D eigenvalue weighted by Gasteiger charge is 2.40. The predicted molar refractivity (Wildman–Crippen MR) is 34.6 cm³/mol. The fourth-order valence-electron chi connectivity index (χ4n) is 2.09. The Morgan fingerprint density at radius 1 is 1.00 bits per heavy atom. The van der Waals surface area contributed by atoms with Gasteiger partial charge < -0.3 is 0 Å². The third kappa shape index (κ3) is 0.667. The van der Waals surface area contributed by atoms with Crippen molar-refractivity contribution in [1.29, 1.82) is 0 Å². The first kappa shape index (κ1) is 4.84. The zero-order valence-corrected chi connectivity index (χ0v) is 5.56. The molecule has 0 radical (unpaired) electrons. The lowest BCUT2D eigenvalue weighted by Crippen LogP contribution is -2.03. The lowest BCUT2D eigenvalue weighted by Gasteiger charge is -2.15. The van der Waals surface area contributed by atoms with Crippen LogP contribution in [0.4, 0.5) is 0 Å². The monoisotopic (exact) mass is 110 g/mol. The van der Waals surface area contributed by atoms with Gasteiger partial charge in [0.2, 0.25) is 0 Å². The molecule has 3 atom stereocenters. The largest absolute Gasteiger partial charge is 0.0625 e. The molecule has 2 saturated carbocycles. The zero-order valence-electron chi connectivity index (χ0n) is 5.56. The Morgan fingerprint density at radius 2 is 1.88 bits per heavy atom. The van der Waals surface area contributed by atoms with Crippen molar-refractivity contribution < 1.29 is 0 Å². The Kier molecular flexibility index (Phi) is 0.902. The molecule has 0 heteroatoms. The maximum atomic E-state index is 2.40. The van der Waals surface area contributed by atoms with Crippen LogP contribution >= 0.6 is 0 Å². The Hall–Kier alpha value is 0. The van der Waals surface area contributed by atoms with Gasteiger partial charge in [0.05, 0.1) is 0 Å². The molecule has 46 valence electrons. The topological polar surface area (TPSA) is 0 Å². The van der Waals surface area contributed by atoms with Gasteiger partial charge in [-0.3, -0.25) is 0 Å². The molecule has 1 unspecified atom stereocenters. The molecule has 0 N–H and O–H groups in total. The van der Waals surface area contributed by atoms with Crippen LogP contribution in [0.1, 0.15) is 32.6 Å². The highest BCUT2D eigenvalue weighted by atomic mass is 14.5. The summed E-state index contributed by atoms with van der Waals surface area (Å²) >= 11 is 0. The normalized spacial score (nSPS) is 52.9. The maximum absolute atomic E-state index is 2.40. The van der Waals surface area contributed by atoms with E-state index in [0.717, 1.165) is 5.92 Å². The molecule has 2 aliphatic rings. The van der Waals surface area contributed by atoms with E-state index >= 15 is 0 Å². The molecule has 0 aromatic rings. The fraction of sp³-hybridized carbons (Fsp3) is 1.00. The van der Waals surface area contributed by atoms with Crippen LogP contribution in [0.25, 0.3) is 0 Å². The van der Waals surface area contributed by atoms with E-state index in [-0.39, 0.29) is 0 Å². The van der Waals surface area contributed by atoms with Crippen molar-refractivity contribution in [3.8, 4) is 0 Å². The van der Waals surface area contributed by atoms with E-state index < -0.39 is 0 Å². The Bertz CT molecular complexity index is 96.2. The van der Waals surface area contributed by atoms with Crippen molar-refractivity contribution in [3.05, 3.63) is 0 Å². The molecular formula is C8H14. The minimum Gasteiger partial charge on any atom is -0.0625 e. The van der Waals surface area contributed by atoms with E-state index in [1.807, 2.05) is 0 Å². The van der Waals surface area contributed by atoms with Crippen LogP contribution < -0.4 is 0 Å². The molecule has 0 saturated heterocycles. The Morgan fingerprint density at radius 3 is 2.50 bits per heavy atom. The van der Waals surface area contributed by atoms with Crippen molar-refractivity contribution in [2.45, 2.75) is 32.6 Å². The first-order chi connectivity index (χ1) is 3.86. The van der Waals surface area contributed by atoms with Gasteiger partial charge in [0.15, 0.2) is 0 Å². The van der Waals surface area contributed by atoms with Gasteiger partial charge in [-0.15, -0.1) is 0 Å². The lowest BCUT2D eigenvalue weighted by atomic mass is 9.91. The third-order valence-electron chi connectivity index (χ3n) is 2.80. The van der Waals surface area contributed by atoms with Crippen LogP contribution in [0.5, 0.6) is 0 Å². The first-order valence-corrected chi connectivity index (χ1v) is 3.86. The Labute approximate surface area is 51.3 Å². The van der Waals surface area contributed by atoms with Crippen molar-refractivity contribution in [2.75, 3.05) is 0 Å². The highest BCUT2D eigenvalue weighted by molar-refractivity contribution is 4.91. The van der Waals surface area contributed by atoms with Crippen LogP contribution in [0, 0.1) is 17.8 Å². The van der Waals surface area contributed by atoms with E-state index in [1.165, 1.54) is 18.3 Å². The number of hydrogen-bond acceptors (Lipinski definition) is 0. The molecule has 0 spiro atoms. The quantitative estimate of drug-likeness (QED) is 0.449. The summed E-state index contributed by atoms with van der Waals surface area (Å²) in [4.78, 5) is 0. The van der Waals surface area contributed by atoms with Gasteiger partial charge in [0.25, 0.3) is 0 Å². The molecule has 0 aromatic carbocycles. The second-order valence-electron chi connectivity index (χ2n) is 3.67. The van der Waals surface area contributed by atoms with Crippen molar-refractivity contribution in [2.24, 2.45) is 17.8 Å². The summed E-state index contributed by atoms with van der Waals surface area (Å²) in [6.07, 6.45) is 6.18. The second kappa shape index (κ2) is 1.49.